The molecule has 0 radical (unpaired) electrons. The van der Waals surface area contributed by atoms with Crippen LogP contribution in [0.25, 0.3) is 0 Å². The van der Waals surface area contributed by atoms with Crippen LogP contribution in [0.1, 0.15) is 45.2 Å². The van der Waals surface area contributed by atoms with E-state index in [2.05, 4.69) is 13.8 Å². The molecular formula is C18H26O3. The van der Waals surface area contributed by atoms with Crippen molar-refractivity contribution in [3.63, 3.8) is 0 Å². The van der Waals surface area contributed by atoms with Gasteiger partial charge < -0.3 is 14.6 Å². The van der Waals surface area contributed by atoms with Gasteiger partial charge in [-0.1, -0.05) is 36.8 Å². The fourth-order valence-electron chi connectivity index (χ4n) is 3.30. The summed E-state index contributed by atoms with van der Waals surface area (Å²) >= 11 is 0. The van der Waals surface area contributed by atoms with Crippen molar-refractivity contribution in [2.75, 3.05) is 14.2 Å². The summed E-state index contributed by atoms with van der Waals surface area (Å²) in [5.74, 6) is -0.494. The topological polar surface area (TPSA) is 38.7 Å². The Labute approximate surface area is 127 Å². The first-order valence-electron chi connectivity index (χ1n) is 7.40. The summed E-state index contributed by atoms with van der Waals surface area (Å²) in [4.78, 5) is 0. The van der Waals surface area contributed by atoms with E-state index in [0.717, 1.165) is 16.7 Å². The van der Waals surface area contributed by atoms with Gasteiger partial charge in [0.15, 0.2) is 5.79 Å². The van der Waals surface area contributed by atoms with E-state index < -0.39 is 11.4 Å². The first kappa shape index (κ1) is 16.2. The van der Waals surface area contributed by atoms with Gasteiger partial charge in [-0.15, -0.1) is 0 Å². The second-order valence-electron chi connectivity index (χ2n) is 6.17. The van der Waals surface area contributed by atoms with Crippen molar-refractivity contribution in [1.29, 1.82) is 0 Å². The molecule has 1 aromatic carbocycles. The zero-order valence-electron chi connectivity index (χ0n) is 13.9. The van der Waals surface area contributed by atoms with Crippen LogP contribution in [0.15, 0.2) is 35.4 Å². The van der Waals surface area contributed by atoms with Crippen LogP contribution in [-0.4, -0.2) is 19.3 Å². The second-order valence-corrected chi connectivity index (χ2v) is 6.17. The first-order valence-corrected chi connectivity index (χ1v) is 7.40. The Hall–Kier alpha value is -1.16. The van der Waals surface area contributed by atoms with Crippen molar-refractivity contribution >= 4 is 0 Å². The Bertz CT molecular complexity index is 557. The summed E-state index contributed by atoms with van der Waals surface area (Å²) in [6.45, 7) is 8.16. The van der Waals surface area contributed by atoms with Gasteiger partial charge in [-0.25, -0.2) is 0 Å². The molecule has 3 nitrogen and oxygen atoms in total. The lowest BCUT2D eigenvalue weighted by atomic mass is 9.82. The van der Waals surface area contributed by atoms with Crippen molar-refractivity contribution < 1.29 is 14.6 Å². The lowest BCUT2D eigenvalue weighted by Crippen LogP contribution is -2.34. The van der Waals surface area contributed by atoms with Crippen LogP contribution in [0.3, 0.4) is 0 Å². The molecule has 0 heterocycles. The zero-order chi connectivity index (χ0) is 15.8. The minimum Gasteiger partial charge on any atom is -0.381 e. The van der Waals surface area contributed by atoms with E-state index in [1.807, 2.05) is 38.1 Å². The number of ether oxygens (including phenoxy) is 2. The molecule has 2 atom stereocenters. The highest BCUT2D eigenvalue weighted by Crippen LogP contribution is 2.48. The van der Waals surface area contributed by atoms with Gasteiger partial charge in [-0.05, 0) is 44.2 Å². The minimum absolute atomic E-state index is 0.374. The normalized spacial score (nSPS) is 26.5. The fraction of sp³-hybridized carbons (Fsp3) is 0.556. The number of allylic oxidation sites excluding steroid dienone is 1. The maximum Gasteiger partial charge on any atom is 0.191 e. The van der Waals surface area contributed by atoms with Gasteiger partial charge in [-0.3, -0.25) is 0 Å². The maximum absolute atomic E-state index is 11.3. The molecule has 0 amide bonds. The molecule has 2 rings (SSSR count). The molecule has 0 aromatic heterocycles. The number of aliphatic hydroxyl groups is 1. The van der Waals surface area contributed by atoms with Crippen LogP contribution in [0.2, 0.25) is 0 Å². The molecule has 0 spiro atoms. The van der Waals surface area contributed by atoms with Crippen molar-refractivity contribution in [1.82, 2.24) is 0 Å². The molecule has 3 heteroatoms. The summed E-state index contributed by atoms with van der Waals surface area (Å²) < 4.78 is 11.1. The molecular weight excluding hydrogens is 264 g/mol. The Morgan fingerprint density at radius 2 is 1.76 bits per heavy atom. The van der Waals surface area contributed by atoms with Crippen molar-refractivity contribution in [3.8, 4) is 0 Å². The summed E-state index contributed by atoms with van der Waals surface area (Å²) in [6, 6.07) is 7.84. The SMILES string of the molecule is COC(C)(OC)c1ccccc1C1(O)CC(C)C(C)=C1C. The number of methoxy groups -OCH3 is 2. The van der Waals surface area contributed by atoms with Gasteiger partial charge in [-0.2, -0.15) is 0 Å². The Morgan fingerprint density at radius 1 is 1.19 bits per heavy atom. The number of benzene rings is 1. The van der Waals surface area contributed by atoms with E-state index in [-0.39, 0.29) is 0 Å². The van der Waals surface area contributed by atoms with E-state index in [1.165, 1.54) is 5.57 Å². The monoisotopic (exact) mass is 290 g/mol. The molecule has 1 aliphatic carbocycles. The van der Waals surface area contributed by atoms with Crippen molar-refractivity contribution in [3.05, 3.63) is 46.5 Å². The average molecular weight is 290 g/mol. The van der Waals surface area contributed by atoms with Crippen molar-refractivity contribution in [2.24, 2.45) is 5.92 Å². The molecule has 0 fully saturated rings. The van der Waals surface area contributed by atoms with E-state index in [4.69, 9.17) is 9.47 Å². The predicted molar refractivity (Wildman–Crippen MR) is 83.9 cm³/mol. The molecule has 116 valence electrons. The third kappa shape index (κ3) is 2.44. The predicted octanol–water partition coefficient (Wildman–Crippen LogP) is 3.72. The molecule has 0 bridgehead atoms. The molecule has 21 heavy (non-hydrogen) atoms. The van der Waals surface area contributed by atoms with Gasteiger partial charge in [0.05, 0.1) is 0 Å². The standard InChI is InChI=1S/C18H26O3/c1-12-11-18(19,14(3)13(12)2)16-10-8-7-9-15(16)17(4,20-5)21-6/h7-10,12,19H,11H2,1-6H3. The van der Waals surface area contributed by atoms with Crippen molar-refractivity contribution in [2.45, 2.75) is 45.5 Å². The largest absolute Gasteiger partial charge is 0.381 e. The van der Waals surface area contributed by atoms with E-state index >= 15 is 0 Å². The van der Waals surface area contributed by atoms with Crippen LogP contribution in [-0.2, 0) is 20.9 Å². The van der Waals surface area contributed by atoms with E-state index in [9.17, 15) is 5.11 Å². The quantitative estimate of drug-likeness (QED) is 0.678. The van der Waals surface area contributed by atoms with Crippen LogP contribution < -0.4 is 0 Å². The van der Waals surface area contributed by atoms with Crippen LogP contribution in [0.5, 0.6) is 0 Å². The summed E-state index contributed by atoms with van der Waals surface area (Å²) in [6.07, 6.45) is 0.700. The summed E-state index contributed by atoms with van der Waals surface area (Å²) in [5.41, 5.74) is 3.11. The lowest BCUT2D eigenvalue weighted by Gasteiger charge is -2.35. The molecule has 1 aromatic rings. The van der Waals surface area contributed by atoms with E-state index in [0.29, 0.717) is 12.3 Å². The van der Waals surface area contributed by atoms with Crippen LogP contribution in [0, 0.1) is 5.92 Å². The number of hydrogen-bond acceptors (Lipinski definition) is 3. The fourth-order valence-corrected chi connectivity index (χ4v) is 3.30. The first-order chi connectivity index (χ1) is 9.80. The van der Waals surface area contributed by atoms with Gasteiger partial charge in [0.2, 0.25) is 0 Å². The maximum atomic E-state index is 11.3. The zero-order valence-corrected chi connectivity index (χ0v) is 13.9. The van der Waals surface area contributed by atoms with Gasteiger partial charge in [0, 0.05) is 19.8 Å². The Morgan fingerprint density at radius 3 is 2.24 bits per heavy atom. The highest BCUT2D eigenvalue weighted by atomic mass is 16.7. The number of hydrogen-bond donors (Lipinski definition) is 1. The highest BCUT2D eigenvalue weighted by molar-refractivity contribution is 5.45. The van der Waals surface area contributed by atoms with Gasteiger partial charge in [0.1, 0.15) is 5.60 Å². The Balaban J connectivity index is 2.62. The second kappa shape index (κ2) is 5.56. The third-order valence-electron chi connectivity index (χ3n) is 5.19. The molecule has 2 unspecified atom stereocenters. The molecule has 0 saturated carbocycles. The number of rotatable bonds is 4. The van der Waals surface area contributed by atoms with Gasteiger partial charge in [0.25, 0.3) is 0 Å². The summed E-state index contributed by atoms with van der Waals surface area (Å²) in [5, 5.41) is 11.3. The smallest absolute Gasteiger partial charge is 0.191 e. The molecule has 1 aliphatic rings. The third-order valence-corrected chi connectivity index (χ3v) is 5.19. The van der Waals surface area contributed by atoms with Gasteiger partial charge >= 0.3 is 0 Å². The lowest BCUT2D eigenvalue weighted by molar-refractivity contribution is -0.203. The Kier molecular flexibility index (Phi) is 4.29. The van der Waals surface area contributed by atoms with E-state index in [1.54, 1.807) is 14.2 Å². The van der Waals surface area contributed by atoms with Crippen LogP contribution in [0.4, 0.5) is 0 Å². The molecule has 0 aliphatic heterocycles. The molecule has 1 N–H and O–H groups in total. The molecule has 0 saturated heterocycles. The minimum atomic E-state index is -0.946. The average Bonchev–Trinajstić information content (AvgIpc) is 2.71. The highest BCUT2D eigenvalue weighted by Gasteiger charge is 2.44. The van der Waals surface area contributed by atoms with Crippen LogP contribution >= 0.6 is 0 Å². The summed E-state index contributed by atoms with van der Waals surface area (Å²) in [7, 11) is 3.24.